The second kappa shape index (κ2) is 6.97. The highest BCUT2D eigenvalue weighted by Gasteiger charge is 2.11. The highest BCUT2D eigenvalue weighted by molar-refractivity contribution is 7.99. The number of nitrogens with one attached hydrogen (secondary N) is 1. The van der Waals surface area contributed by atoms with Gasteiger partial charge in [0.15, 0.2) is 0 Å². The summed E-state index contributed by atoms with van der Waals surface area (Å²) in [4.78, 5) is 11.8. The molecule has 0 bridgehead atoms. The molecule has 2 aromatic heterocycles. The predicted octanol–water partition coefficient (Wildman–Crippen LogP) is 1.37. The molecule has 0 aliphatic carbocycles. The normalized spacial score (nSPS) is 10.6. The van der Waals surface area contributed by atoms with Gasteiger partial charge >= 0.3 is 0 Å². The fourth-order valence-electron chi connectivity index (χ4n) is 1.80. The number of rotatable bonds is 6. The Balaban J connectivity index is 1.57. The van der Waals surface area contributed by atoms with E-state index in [-0.39, 0.29) is 17.4 Å². The van der Waals surface area contributed by atoms with Crippen molar-refractivity contribution < 1.29 is 14.3 Å². The SMILES string of the molecule is O=C(CSc1nnnn1-c1ccc(O)cc1)NCc1ccco1. The molecule has 0 saturated heterocycles. The molecule has 1 amide bonds. The zero-order chi connectivity index (χ0) is 16.1. The van der Waals surface area contributed by atoms with Gasteiger partial charge in [0.2, 0.25) is 11.1 Å². The Bertz CT molecular complexity index is 770. The van der Waals surface area contributed by atoms with Crippen LogP contribution in [0.4, 0.5) is 0 Å². The number of thioether (sulfide) groups is 1. The number of amides is 1. The summed E-state index contributed by atoms with van der Waals surface area (Å²) >= 11 is 1.22. The van der Waals surface area contributed by atoms with Crippen LogP contribution in [0.25, 0.3) is 5.69 Å². The van der Waals surface area contributed by atoms with Crippen molar-refractivity contribution in [3.05, 3.63) is 48.4 Å². The van der Waals surface area contributed by atoms with Gasteiger partial charge in [-0.25, -0.2) is 0 Å². The minimum Gasteiger partial charge on any atom is -0.508 e. The third kappa shape index (κ3) is 3.89. The lowest BCUT2D eigenvalue weighted by atomic mass is 10.3. The second-order valence-electron chi connectivity index (χ2n) is 4.53. The number of nitrogens with zero attached hydrogens (tertiary/aromatic N) is 4. The maximum absolute atomic E-state index is 11.8. The van der Waals surface area contributed by atoms with Crippen LogP contribution in [0.3, 0.4) is 0 Å². The van der Waals surface area contributed by atoms with E-state index in [9.17, 15) is 9.90 Å². The van der Waals surface area contributed by atoms with E-state index in [0.717, 1.165) is 0 Å². The Labute approximate surface area is 135 Å². The van der Waals surface area contributed by atoms with E-state index < -0.39 is 0 Å². The number of phenolic OH excluding ortho intramolecular Hbond substituents is 1. The van der Waals surface area contributed by atoms with Crippen molar-refractivity contribution in [2.45, 2.75) is 11.7 Å². The smallest absolute Gasteiger partial charge is 0.230 e. The van der Waals surface area contributed by atoms with Crippen molar-refractivity contribution in [2.75, 3.05) is 5.75 Å². The molecule has 2 heterocycles. The van der Waals surface area contributed by atoms with Crippen LogP contribution in [0.15, 0.2) is 52.2 Å². The van der Waals surface area contributed by atoms with Crippen LogP contribution >= 0.6 is 11.8 Å². The number of furan rings is 1. The largest absolute Gasteiger partial charge is 0.508 e. The Morgan fingerprint density at radius 3 is 2.87 bits per heavy atom. The van der Waals surface area contributed by atoms with E-state index in [4.69, 9.17) is 4.42 Å². The molecule has 0 fully saturated rings. The van der Waals surface area contributed by atoms with Crippen molar-refractivity contribution in [1.82, 2.24) is 25.5 Å². The van der Waals surface area contributed by atoms with Gasteiger partial charge in [0.25, 0.3) is 0 Å². The lowest BCUT2D eigenvalue weighted by molar-refractivity contribution is -0.118. The van der Waals surface area contributed by atoms with Gasteiger partial charge in [-0.1, -0.05) is 11.8 Å². The summed E-state index contributed by atoms with van der Waals surface area (Å²) in [5.41, 5.74) is 0.700. The Kier molecular flexibility index (Phi) is 4.57. The number of carbonyl (C=O) groups is 1. The molecule has 0 aliphatic heterocycles. The van der Waals surface area contributed by atoms with Gasteiger partial charge in [-0.15, -0.1) is 5.10 Å². The van der Waals surface area contributed by atoms with Crippen molar-refractivity contribution in [3.63, 3.8) is 0 Å². The van der Waals surface area contributed by atoms with E-state index in [1.165, 1.54) is 16.4 Å². The highest BCUT2D eigenvalue weighted by atomic mass is 32.2. The summed E-state index contributed by atoms with van der Waals surface area (Å²) in [5.74, 6) is 0.886. The van der Waals surface area contributed by atoms with E-state index in [1.807, 2.05) is 0 Å². The Morgan fingerprint density at radius 1 is 1.30 bits per heavy atom. The molecule has 0 atom stereocenters. The van der Waals surface area contributed by atoms with Crippen molar-refractivity contribution >= 4 is 17.7 Å². The molecule has 3 aromatic rings. The molecule has 0 unspecified atom stereocenters. The fourth-order valence-corrected chi connectivity index (χ4v) is 2.53. The summed E-state index contributed by atoms with van der Waals surface area (Å²) in [6.07, 6.45) is 1.56. The lowest BCUT2D eigenvalue weighted by Gasteiger charge is -2.05. The number of aromatic nitrogens is 4. The van der Waals surface area contributed by atoms with E-state index in [1.54, 1.807) is 42.7 Å². The van der Waals surface area contributed by atoms with E-state index >= 15 is 0 Å². The first-order chi connectivity index (χ1) is 11.2. The average Bonchev–Trinajstić information content (AvgIpc) is 3.23. The number of tetrazole rings is 1. The monoisotopic (exact) mass is 331 g/mol. The molecule has 0 radical (unpaired) electrons. The highest BCUT2D eigenvalue weighted by Crippen LogP contribution is 2.19. The van der Waals surface area contributed by atoms with Crippen LogP contribution in [0, 0.1) is 0 Å². The Morgan fingerprint density at radius 2 is 2.13 bits per heavy atom. The number of hydrogen-bond donors (Lipinski definition) is 2. The van der Waals surface area contributed by atoms with Crippen LogP contribution in [-0.4, -0.2) is 37.0 Å². The molecule has 8 nitrogen and oxygen atoms in total. The van der Waals surface area contributed by atoms with Crippen molar-refractivity contribution in [2.24, 2.45) is 0 Å². The van der Waals surface area contributed by atoms with Crippen LogP contribution in [0.2, 0.25) is 0 Å². The van der Waals surface area contributed by atoms with Gasteiger partial charge in [0, 0.05) is 0 Å². The van der Waals surface area contributed by atoms with Crippen LogP contribution in [0.5, 0.6) is 5.75 Å². The number of carbonyl (C=O) groups excluding carboxylic acids is 1. The molecular weight excluding hydrogens is 318 g/mol. The summed E-state index contributed by atoms with van der Waals surface area (Å²) in [6.45, 7) is 0.343. The van der Waals surface area contributed by atoms with Gasteiger partial charge < -0.3 is 14.8 Å². The molecular formula is C14H13N5O3S. The van der Waals surface area contributed by atoms with Crippen LogP contribution in [-0.2, 0) is 11.3 Å². The third-order valence-electron chi connectivity index (χ3n) is 2.91. The molecule has 118 valence electrons. The quantitative estimate of drug-likeness (QED) is 0.657. The zero-order valence-electron chi connectivity index (χ0n) is 11.9. The summed E-state index contributed by atoms with van der Waals surface area (Å²) in [5, 5.41) is 24.0. The first-order valence-corrected chi connectivity index (χ1v) is 7.70. The second-order valence-corrected chi connectivity index (χ2v) is 5.48. The van der Waals surface area contributed by atoms with E-state index in [2.05, 4.69) is 20.8 Å². The van der Waals surface area contributed by atoms with Gasteiger partial charge in [0.1, 0.15) is 11.5 Å². The molecule has 0 aliphatic rings. The molecule has 3 rings (SSSR count). The van der Waals surface area contributed by atoms with Crippen molar-refractivity contribution in [1.29, 1.82) is 0 Å². The van der Waals surface area contributed by atoms with Gasteiger partial charge in [-0.2, -0.15) is 4.68 Å². The van der Waals surface area contributed by atoms with Crippen LogP contribution < -0.4 is 5.32 Å². The molecule has 0 spiro atoms. The number of aromatic hydroxyl groups is 1. The topological polar surface area (TPSA) is 106 Å². The first kappa shape index (κ1) is 15.1. The lowest BCUT2D eigenvalue weighted by Crippen LogP contribution is -2.24. The molecule has 9 heteroatoms. The van der Waals surface area contributed by atoms with Gasteiger partial charge in [0.05, 0.1) is 24.2 Å². The average molecular weight is 331 g/mol. The molecule has 2 N–H and O–H groups in total. The van der Waals surface area contributed by atoms with Crippen LogP contribution in [0.1, 0.15) is 5.76 Å². The minimum absolute atomic E-state index is 0.147. The third-order valence-corrected chi connectivity index (χ3v) is 3.83. The zero-order valence-corrected chi connectivity index (χ0v) is 12.7. The first-order valence-electron chi connectivity index (χ1n) is 6.72. The van der Waals surface area contributed by atoms with E-state index in [0.29, 0.717) is 23.1 Å². The summed E-state index contributed by atoms with van der Waals surface area (Å²) < 4.78 is 6.65. The van der Waals surface area contributed by atoms with Crippen molar-refractivity contribution in [3.8, 4) is 11.4 Å². The Hall–Kier alpha value is -2.81. The number of benzene rings is 1. The number of hydrogen-bond acceptors (Lipinski definition) is 7. The standard InChI is InChI=1S/C14H13N5O3S/c20-11-5-3-10(4-6-11)19-14(16-17-18-19)23-9-13(21)15-8-12-2-1-7-22-12/h1-7,20H,8-9H2,(H,15,21). The molecule has 23 heavy (non-hydrogen) atoms. The fraction of sp³-hybridized carbons (Fsp3) is 0.143. The molecule has 1 aromatic carbocycles. The maximum Gasteiger partial charge on any atom is 0.230 e. The van der Waals surface area contributed by atoms with Gasteiger partial charge in [-0.3, -0.25) is 4.79 Å². The summed E-state index contributed by atoms with van der Waals surface area (Å²) in [7, 11) is 0. The number of phenols is 1. The maximum atomic E-state index is 11.8. The van der Waals surface area contributed by atoms with Gasteiger partial charge in [-0.05, 0) is 46.8 Å². The summed E-state index contributed by atoms with van der Waals surface area (Å²) in [6, 6.07) is 10.0. The minimum atomic E-state index is -0.147. The predicted molar refractivity (Wildman–Crippen MR) is 82.1 cm³/mol. The molecule has 0 saturated carbocycles.